The van der Waals surface area contributed by atoms with E-state index in [-0.39, 0.29) is 23.6 Å². The second kappa shape index (κ2) is 8.46. The van der Waals surface area contributed by atoms with Crippen LogP contribution in [0.25, 0.3) is 0 Å². The van der Waals surface area contributed by atoms with Crippen molar-refractivity contribution >= 4 is 39.5 Å². The van der Waals surface area contributed by atoms with Gasteiger partial charge in [0.25, 0.3) is 11.8 Å². The van der Waals surface area contributed by atoms with E-state index in [1.807, 2.05) is 54.8 Å². The number of furan rings is 1. The number of hydrogen-bond donors (Lipinski definition) is 2. The van der Waals surface area contributed by atoms with Crippen LogP contribution in [0.2, 0.25) is 0 Å². The molecule has 0 aliphatic rings. The minimum absolute atomic E-state index is 0.173. The summed E-state index contributed by atoms with van der Waals surface area (Å²) in [5.74, 6) is -0.291. The third-order valence-corrected chi connectivity index (χ3v) is 6.43. The van der Waals surface area contributed by atoms with Crippen molar-refractivity contribution in [1.82, 2.24) is 5.32 Å². The van der Waals surface area contributed by atoms with Gasteiger partial charge in [0.05, 0.1) is 22.2 Å². The van der Waals surface area contributed by atoms with Crippen molar-refractivity contribution in [3.63, 3.8) is 0 Å². The van der Waals surface area contributed by atoms with Crippen molar-refractivity contribution in [2.24, 2.45) is 0 Å². The molecule has 3 aromatic heterocycles. The number of benzene rings is 1. The molecule has 1 unspecified atom stereocenters. The predicted octanol–water partition coefficient (Wildman–Crippen LogP) is 5.48. The largest absolute Gasteiger partial charge is 0.459 e. The van der Waals surface area contributed by atoms with E-state index in [0.717, 1.165) is 16.0 Å². The minimum Gasteiger partial charge on any atom is -0.459 e. The second-order valence-corrected chi connectivity index (χ2v) is 8.42. The van der Waals surface area contributed by atoms with E-state index in [1.165, 1.54) is 17.6 Å². The summed E-state index contributed by atoms with van der Waals surface area (Å²) < 4.78 is 5.11. The Hall–Kier alpha value is -3.16. The fourth-order valence-corrected chi connectivity index (χ4v) is 4.74. The highest BCUT2D eigenvalue weighted by Crippen LogP contribution is 2.30. The Bertz CT molecular complexity index is 1100. The molecule has 0 spiro atoms. The van der Waals surface area contributed by atoms with Crippen LogP contribution in [0.4, 0.5) is 5.00 Å². The van der Waals surface area contributed by atoms with Crippen molar-refractivity contribution in [2.75, 3.05) is 5.32 Å². The van der Waals surface area contributed by atoms with Crippen LogP contribution in [0.5, 0.6) is 0 Å². The average molecular weight is 423 g/mol. The molecule has 0 radical (unpaired) electrons. The van der Waals surface area contributed by atoms with Gasteiger partial charge in [0, 0.05) is 4.88 Å². The molecule has 5 nitrogen and oxygen atoms in total. The van der Waals surface area contributed by atoms with E-state index in [9.17, 15) is 9.59 Å². The zero-order valence-corrected chi connectivity index (χ0v) is 17.2. The molecule has 4 aromatic rings. The zero-order valence-electron chi connectivity index (χ0n) is 15.5. The summed E-state index contributed by atoms with van der Waals surface area (Å²) in [5, 5.41) is 8.51. The van der Waals surface area contributed by atoms with E-state index < -0.39 is 0 Å². The molecule has 2 amide bonds. The lowest BCUT2D eigenvalue weighted by molar-refractivity contribution is 0.0945. The molecule has 1 atom stereocenters. The van der Waals surface area contributed by atoms with Gasteiger partial charge in [-0.05, 0) is 47.7 Å². The van der Waals surface area contributed by atoms with Crippen LogP contribution >= 0.6 is 22.7 Å². The van der Waals surface area contributed by atoms with Gasteiger partial charge in [0.1, 0.15) is 0 Å². The Morgan fingerprint density at radius 2 is 1.83 bits per heavy atom. The van der Waals surface area contributed by atoms with Gasteiger partial charge in [-0.2, -0.15) is 0 Å². The number of rotatable bonds is 6. The topological polar surface area (TPSA) is 71.3 Å². The van der Waals surface area contributed by atoms with Crippen LogP contribution in [-0.4, -0.2) is 11.8 Å². The van der Waals surface area contributed by atoms with Gasteiger partial charge in [0.15, 0.2) is 5.76 Å². The molecule has 0 saturated heterocycles. The first kappa shape index (κ1) is 19.2. The summed E-state index contributed by atoms with van der Waals surface area (Å²) in [6.07, 6.45) is 1.45. The van der Waals surface area contributed by atoms with E-state index in [0.29, 0.717) is 9.88 Å². The molecule has 0 aliphatic heterocycles. The van der Waals surface area contributed by atoms with Gasteiger partial charge in [-0.3, -0.25) is 9.59 Å². The Morgan fingerprint density at radius 1 is 1.00 bits per heavy atom. The van der Waals surface area contributed by atoms with Gasteiger partial charge in [-0.1, -0.05) is 36.4 Å². The number of hydrogen-bond acceptors (Lipinski definition) is 5. The number of carbonyl (C=O) groups is 2. The molecule has 7 heteroatoms. The fourth-order valence-electron chi connectivity index (χ4n) is 2.97. The molecule has 3 heterocycles. The molecular formula is C22H18N2O3S2. The van der Waals surface area contributed by atoms with Gasteiger partial charge >= 0.3 is 0 Å². The van der Waals surface area contributed by atoms with Crippen molar-refractivity contribution in [1.29, 1.82) is 0 Å². The molecule has 4 rings (SSSR count). The van der Waals surface area contributed by atoms with Crippen LogP contribution in [0.1, 0.15) is 42.3 Å². The first-order valence-electron chi connectivity index (χ1n) is 8.96. The fraction of sp³-hybridized carbons (Fsp3) is 0.0909. The average Bonchev–Trinajstić information content (AvgIpc) is 3.48. The SMILES string of the molecule is Cc1cc(NC(=O)c2ccco2)sc1C(=O)NC(c1ccccc1)c1cccs1. The number of aryl methyl sites for hydroxylation is 1. The molecule has 1 aromatic carbocycles. The van der Waals surface area contributed by atoms with Crippen molar-refractivity contribution in [2.45, 2.75) is 13.0 Å². The summed E-state index contributed by atoms with van der Waals surface area (Å²) in [4.78, 5) is 26.9. The monoisotopic (exact) mass is 422 g/mol. The number of thiophene rings is 2. The number of amides is 2. The Balaban J connectivity index is 1.54. The Morgan fingerprint density at radius 3 is 2.52 bits per heavy atom. The lowest BCUT2D eigenvalue weighted by Crippen LogP contribution is -2.28. The molecule has 29 heavy (non-hydrogen) atoms. The minimum atomic E-state index is -0.344. The highest BCUT2D eigenvalue weighted by Gasteiger charge is 2.22. The van der Waals surface area contributed by atoms with Gasteiger partial charge in [0.2, 0.25) is 0 Å². The molecule has 146 valence electrons. The maximum absolute atomic E-state index is 13.0. The highest BCUT2D eigenvalue weighted by molar-refractivity contribution is 7.18. The number of nitrogens with one attached hydrogen (secondary N) is 2. The smallest absolute Gasteiger partial charge is 0.291 e. The third kappa shape index (κ3) is 4.31. The standard InChI is InChI=1S/C22H18N2O3S2/c1-14-13-18(23-21(25)16-9-5-11-27-16)29-20(14)22(26)24-19(17-10-6-12-28-17)15-7-3-2-4-8-15/h2-13,19H,1H3,(H,23,25)(H,24,26). The van der Waals surface area contributed by atoms with Gasteiger partial charge in [-0.25, -0.2) is 0 Å². The van der Waals surface area contributed by atoms with E-state index in [1.54, 1.807) is 29.5 Å². The molecule has 0 bridgehead atoms. The number of anilines is 1. The van der Waals surface area contributed by atoms with Crippen LogP contribution in [0.3, 0.4) is 0 Å². The van der Waals surface area contributed by atoms with Gasteiger partial charge < -0.3 is 15.1 Å². The van der Waals surface area contributed by atoms with Crippen molar-refractivity contribution in [3.8, 4) is 0 Å². The number of carbonyl (C=O) groups excluding carboxylic acids is 2. The molecule has 2 N–H and O–H groups in total. The van der Waals surface area contributed by atoms with Crippen LogP contribution in [-0.2, 0) is 0 Å². The third-order valence-electron chi connectivity index (χ3n) is 4.34. The van der Waals surface area contributed by atoms with E-state index in [2.05, 4.69) is 10.6 Å². The normalized spacial score (nSPS) is 11.8. The summed E-state index contributed by atoms with van der Waals surface area (Å²) in [5.41, 5.74) is 1.82. The quantitative estimate of drug-likeness (QED) is 0.432. The van der Waals surface area contributed by atoms with Crippen molar-refractivity contribution in [3.05, 3.63) is 98.9 Å². The highest BCUT2D eigenvalue weighted by atomic mass is 32.1. The van der Waals surface area contributed by atoms with E-state index >= 15 is 0 Å². The zero-order chi connectivity index (χ0) is 20.2. The lowest BCUT2D eigenvalue weighted by Gasteiger charge is -2.18. The predicted molar refractivity (Wildman–Crippen MR) is 116 cm³/mol. The van der Waals surface area contributed by atoms with Gasteiger partial charge in [-0.15, -0.1) is 22.7 Å². The second-order valence-electron chi connectivity index (χ2n) is 6.39. The summed E-state index contributed by atoms with van der Waals surface area (Å²) in [7, 11) is 0. The van der Waals surface area contributed by atoms with Crippen molar-refractivity contribution < 1.29 is 14.0 Å². The lowest BCUT2D eigenvalue weighted by atomic mass is 10.1. The van der Waals surface area contributed by atoms with Crippen LogP contribution in [0, 0.1) is 6.92 Å². The summed E-state index contributed by atoms with van der Waals surface area (Å²) in [6.45, 7) is 1.86. The molecule has 0 aliphatic carbocycles. The van der Waals surface area contributed by atoms with Crippen LogP contribution in [0.15, 0.2) is 76.7 Å². The maximum atomic E-state index is 13.0. The maximum Gasteiger partial charge on any atom is 0.291 e. The van der Waals surface area contributed by atoms with Crippen LogP contribution < -0.4 is 10.6 Å². The molecular weight excluding hydrogens is 404 g/mol. The Labute approximate surface area is 176 Å². The molecule has 0 saturated carbocycles. The Kier molecular flexibility index (Phi) is 5.59. The summed E-state index contributed by atoms with van der Waals surface area (Å²) in [6, 6.07) is 18.7. The van der Waals surface area contributed by atoms with E-state index in [4.69, 9.17) is 4.42 Å². The summed E-state index contributed by atoms with van der Waals surface area (Å²) >= 11 is 2.85. The first-order valence-corrected chi connectivity index (χ1v) is 10.7. The first-order chi connectivity index (χ1) is 14.1. The molecule has 0 fully saturated rings.